The van der Waals surface area contributed by atoms with E-state index in [1.165, 1.54) is 36.7 Å². The first kappa shape index (κ1) is 79.7. The minimum Gasteiger partial charge on any atom is -0.790 e. The summed E-state index contributed by atoms with van der Waals surface area (Å²) < 4.78 is 47.3. The summed E-state index contributed by atoms with van der Waals surface area (Å²) in [6.45, 7) is 4.86. The monoisotopic (exact) mass is 1500 g/mol. The van der Waals surface area contributed by atoms with Crippen LogP contribution in [0.2, 0.25) is 0 Å². The van der Waals surface area contributed by atoms with Crippen molar-refractivity contribution >= 4 is 145 Å². The number of carboxylic acid groups (broad SMARTS) is 5. The van der Waals surface area contributed by atoms with Crippen molar-refractivity contribution in [1.29, 1.82) is 1.28 Å². The van der Waals surface area contributed by atoms with Gasteiger partial charge in [0.1, 0.15) is 13.1 Å². The molecule has 1 amide bonds. The van der Waals surface area contributed by atoms with E-state index in [0.29, 0.717) is 51.6 Å². The molecule has 10 rings (SSSR count). The molecule has 0 saturated carbocycles. The van der Waals surface area contributed by atoms with Crippen LogP contribution in [-0.2, 0) is 59.1 Å². The quantitative estimate of drug-likeness (QED) is 0.0377. The highest BCUT2D eigenvalue weighted by Crippen LogP contribution is 2.50. The third-order valence-electron chi connectivity index (χ3n) is 12.9. The van der Waals surface area contributed by atoms with E-state index in [0.717, 1.165) is 24.0 Å². The van der Waals surface area contributed by atoms with Gasteiger partial charge in [-0.3, -0.25) is 47.8 Å². The van der Waals surface area contributed by atoms with Gasteiger partial charge in [-0.05, 0) is 125 Å². The Morgan fingerprint density at radius 2 is 0.971 bits per heavy atom. The summed E-state index contributed by atoms with van der Waals surface area (Å²) in [5.74, 6) is -7.31. The van der Waals surface area contributed by atoms with Crippen molar-refractivity contribution in [2.75, 3.05) is 39.3 Å². The number of halogens is 1. The number of H-pyrrole nitrogens is 3. The maximum atomic E-state index is 12.6. The number of benzene rings is 4. The topological polar surface area (TPSA) is 706 Å². The van der Waals surface area contributed by atoms with Gasteiger partial charge in [0.2, 0.25) is 17.8 Å². The van der Waals surface area contributed by atoms with Gasteiger partial charge in [-0.15, -0.1) is 0 Å². The number of hydrogen-bond donors (Lipinski definition) is 16. The van der Waals surface area contributed by atoms with Crippen molar-refractivity contribution in [3.05, 3.63) is 184 Å². The predicted molar refractivity (Wildman–Crippen MR) is 364 cm³/mol. The summed E-state index contributed by atoms with van der Waals surface area (Å²) in [4.78, 5) is 175. The highest BCUT2D eigenvalue weighted by molar-refractivity contribution is 7.88. The summed E-state index contributed by atoms with van der Waals surface area (Å²) in [6.07, 6.45) is 3.36. The average molecular weight is 1500 g/mol. The zero-order valence-corrected chi connectivity index (χ0v) is 56.6. The van der Waals surface area contributed by atoms with Crippen LogP contribution >= 0.6 is 23.6 Å². The fourth-order valence-electron chi connectivity index (χ4n) is 8.26. The molecule has 0 fully saturated rings. The van der Waals surface area contributed by atoms with Crippen molar-refractivity contribution in [3.8, 4) is 0 Å². The van der Waals surface area contributed by atoms with E-state index in [2.05, 4.69) is 96.4 Å². The maximum Gasteiger partial charge on any atom is 0.338 e. The second kappa shape index (κ2) is 36.7. The van der Waals surface area contributed by atoms with Gasteiger partial charge in [-0.25, -0.2) is 53.5 Å². The molecule has 0 aliphatic carbocycles. The Balaban J connectivity index is 0.000000244. The molecule has 4 aromatic carbocycles. The lowest BCUT2D eigenvalue weighted by atomic mass is 10.1. The van der Waals surface area contributed by atoms with Crippen LogP contribution in [0.25, 0.3) is 33.5 Å². The van der Waals surface area contributed by atoms with Gasteiger partial charge in [0.05, 0.1) is 79.9 Å². The summed E-state index contributed by atoms with van der Waals surface area (Å²) in [5, 5.41) is 52.5. The van der Waals surface area contributed by atoms with Crippen molar-refractivity contribution in [1.82, 2.24) is 65.1 Å². The molecule has 10 aromatic rings. The number of carboxylic acids is 5. The van der Waals surface area contributed by atoms with Gasteiger partial charge >= 0.3 is 29.8 Å². The largest absolute Gasteiger partial charge is 0.790 e. The first-order valence-electron chi connectivity index (χ1n) is 28.8. The van der Waals surface area contributed by atoms with Gasteiger partial charge in [0, 0.05) is 34.7 Å². The minimum absolute atomic E-state index is 0.0123. The molecule has 46 heteroatoms. The van der Waals surface area contributed by atoms with Gasteiger partial charge in [0.25, 0.3) is 30.4 Å². The van der Waals surface area contributed by atoms with E-state index in [9.17, 15) is 76.5 Å². The van der Waals surface area contributed by atoms with Gasteiger partial charge < -0.3 is 93.9 Å². The molecule has 0 aliphatic heterocycles. The molecular formula is C57H57FN20O21P3S-3. The van der Waals surface area contributed by atoms with E-state index in [-0.39, 0.29) is 107 Å². The molecule has 21 N–H and O–H groups in total. The van der Waals surface area contributed by atoms with Crippen LogP contribution in [0.15, 0.2) is 106 Å². The highest BCUT2D eigenvalue weighted by atomic mass is 32.4. The molecule has 0 aliphatic rings. The second-order valence-electron chi connectivity index (χ2n) is 20.5. The van der Waals surface area contributed by atoms with E-state index in [4.69, 9.17) is 50.4 Å². The number of nitrogen functional groups attached to an aromatic ring is 5. The number of rotatable bonds is 20. The number of aromatic amines is 3. The smallest absolute Gasteiger partial charge is 0.338 e. The number of aliphatic carboxylic acids is 2. The van der Waals surface area contributed by atoms with Crippen molar-refractivity contribution in [2.24, 2.45) is 0 Å². The fraction of sp³-hybridized carbons (Fsp3) is 0.158. The summed E-state index contributed by atoms with van der Waals surface area (Å²) in [6, 6.07) is 16.6. The highest BCUT2D eigenvalue weighted by Gasteiger charge is 2.23. The Morgan fingerprint density at radius 1 is 0.592 bits per heavy atom. The standard InChI is InChI=1S/C20H21N7O6.C15H14N6O3.C8H9NO2.C7H6FNO2.C7H9N5O8P2.HPS/c1-9-6-10(2-3-12(9)17(30)25-13(19(32)33)4-5-14(28)29)22-7-11-8-23-16-15(24-11)18(31)27-20(21)26-16;1-7-4-8(2-3-10(7)14(23)24)17-5-9-6-18-12-11(19-9)13(22)21-15(16)20-12;1-5-4-6(9)2-3-7(5)8(10)11;8-6-3-4(9)1-2-5(6)7(10)11;8-7-11-5-4(6(13)12-7)10-3(1-9-5)2-19-22(17,18)20-21(14,15)16;1-2/h2-3,6,8,13,22H,4-5,7H2,1H3,(H,25,30)(H,28,29)(H,32,33)(H3,21,23,26,27,31);2-4,6,17H,5H2,1H3,(H,23,24)(H3,16,18,20,21,22);2-4H,9H2,1H3,(H,10,11);1-3H,9H2,(H,10,11);1H,2H2,(H,17,18)(H2,14,15,16)(H3,8,9,11,12,13);1H/p-3/t13-;;;;;/m0...../s1/i;;;;;1D. The predicted octanol–water partition coefficient (Wildman–Crippen LogP) is 1.28. The summed E-state index contributed by atoms with van der Waals surface area (Å²) >= 11 is 4.03. The first-order chi connectivity index (χ1) is 48.8. The molecule has 0 saturated heterocycles. The normalized spacial score (nSPS) is 11.7. The number of aromatic nitrogens is 12. The van der Waals surface area contributed by atoms with Gasteiger partial charge in [0.15, 0.2) is 33.5 Å². The Kier molecular flexibility index (Phi) is 28.4. The Labute approximate surface area is 583 Å². The van der Waals surface area contributed by atoms with E-state index >= 15 is 0 Å². The van der Waals surface area contributed by atoms with Crippen LogP contribution < -0.4 is 76.0 Å². The molecule has 2 atom stereocenters. The first-order valence-corrected chi connectivity index (χ1v) is 32.7. The molecule has 0 radical (unpaired) electrons. The van der Waals surface area contributed by atoms with E-state index < -0.39 is 86.5 Å². The number of carbonyl (C=O) groups excluding carboxylic acids is 1. The number of nitrogens with zero attached hydrogens (tertiary/aromatic N) is 9. The number of hydrogen-bond acceptors (Lipinski definition) is 33. The third-order valence-corrected chi connectivity index (χ3v) is 14.9. The number of carbonyl (C=O) groups is 6. The molecule has 41 nitrogen and oxygen atoms in total. The van der Waals surface area contributed by atoms with Crippen LogP contribution in [0.4, 0.5) is 45.0 Å². The number of anilines is 7. The van der Waals surface area contributed by atoms with Crippen LogP contribution in [0.3, 0.4) is 0 Å². The van der Waals surface area contributed by atoms with Gasteiger partial charge in [-0.2, -0.15) is 15.0 Å². The number of aryl methyl sites for hydroxylation is 3. The molecular weight excluding hydrogens is 1440 g/mol. The maximum absolute atomic E-state index is 12.6. The Hall–Kier alpha value is -12.3. The number of fused-ring (bicyclic) bond motifs is 3. The molecule has 6 heterocycles. The average Bonchev–Trinajstić information content (AvgIpc) is 0.819. The van der Waals surface area contributed by atoms with E-state index in [1.807, 2.05) is 0 Å². The van der Waals surface area contributed by atoms with E-state index in [1.54, 1.807) is 57.2 Å². The lowest BCUT2D eigenvalue weighted by Gasteiger charge is -2.34. The number of nitrogens with two attached hydrogens (primary N) is 5. The number of phosphoric ester groups is 1. The molecule has 0 bridgehead atoms. The van der Waals surface area contributed by atoms with Gasteiger partial charge in [-0.1, -0.05) is 11.8 Å². The zero-order chi connectivity index (χ0) is 77.5. The van der Waals surface area contributed by atoms with Crippen LogP contribution in [-0.4, -0.2) is 128 Å². The summed E-state index contributed by atoms with van der Waals surface area (Å²) in [5.41, 5.74) is 30.8. The summed E-state index contributed by atoms with van der Waals surface area (Å²) in [7, 11) is -10.9. The lowest BCUT2D eigenvalue weighted by molar-refractivity contribution is -0.339. The number of nitrogens with one attached hydrogen (secondary N) is 6. The van der Waals surface area contributed by atoms with Crippen molar-refractivity contribution in [2.45, 2.75) is 59.4 Å². The third kappa shape index (κ3) is 25.1. The second-order valence-corrected chi connectivity index (χ2v) is 23.2. The Morgan fingerprint density at radius 3 is 1.35 bits per heavy atom. The van der Waals surface area contributed by atoms with Crippen LogP contribution in [0.1, 0.15) is 88.0 Å². The Bertz CT molecular complexity index is 5140. The molecule has 0 spiro atoms. The lowest BCUT2D eigenvalue weighted by Crippen LogP contribution is -2.41. The zero-order valence-electron chi connectivity index (χ0n) is 54.1. The molecule has 542 valence electrons. The number of phosphoric acid groups is 2. The van der Waals surface area contributed by atoms with Crippen LogP contribution in [0.5, 0.6) is 0 Å². The number of aromatic carboxylic acids is 3. The fourth-order valence-corrected chi connectivity index (χ4v) is 9.72. The SMILES string of the molecule is Cc1cc(N)ccc1C(=O)O.Cc1cc(NCc2cnc3nc(N)[nH]c(=O)c3n2)ccc1C(=O)N[C@@H](CCC(=O)O)C(=O)O.Cc1cc(NCc2cnc3nc(N)[nH]c(=O)c3n2)ccc1C(=O)O.Nc1ccc(C(=O)O)c(F)c1.Nc1nc2ncc(COP(=O)([O-])OP(=O)([O-])[O-])nc2c(=O)[nH]1.[2H]P=S. The minimum atomic E-state index is -5.78. The van der Waals surface area contributed by atoms with Crippen LogP contribution in [0, 0.1) is 26.6 Å². The number of amides is 1. The molecule has 1 unspecified atom stereocenters. The molecule has 6 aromatic heterocycles. The van der Waals surface area contributed by atoms with Crippen molar-refractivity contribution in [3.63, 3.8) is 0 Å². The molecule has 103 heavy (non-hydrogen) atoms. The van der Waals surface area contributed by atoms with Crippen molar-refractivity contribution < 1.29 is 91.3 Å².